The van der Waals surface area contributed by atoms with Crippen LogP contribution in [0.5, 0.6) is 0 Å². The summed E-state index contributed by atoms with van der Waals surface area (Å²) in [5.74, 6) is 0.127. The quantitative estimate of drug-likeness (QED) is 0.700. The fourth-order valence-electron chi connectivity index (χ4n) is 4.20. The van der Waals surface area contributed by atoms with Crippen LogP contribution in [0.15, 0.2) is 51.8 Å². The lowest BCUT2D eigenvalue weighted by molar-refractivity contribution is -0.129. The zero-order valence-corrected chi connectivity index (χ0v) is 19.7. The number of nitrogens with one attached hydrogen (secondary N) is 1. The lowest BCUT2D eigenvalue weighted by Crippen LogP contribution is -2.34. The number of amidine groups is 1. The van der Waals surface area contributed by atoms with Crippen molar-refractivity contribution in [2.24, 2.45) is 4.40 Å². The molecule has 1 N–H and O–H groups in total. The summed E-state index contributed by atoms with van der Waals surface area (Å²) in [6.07, 6.45) is 3.28. The number of fused-ring (bicyclic) bond motifs is 1. The molecule has 2 aliphatic heterocycles. The van der Waals surface area contributed by atoms with Gasteiger partial charge in [-0.05, 0) is 62.1 Å². The Bertz CT molecular complexity index is 1200. The fourth-order valence-corrected chi connectivity index (χ4v) is 5.46. The molecular formula is C24H28N4O4S. The summed E-state index contributed by atoms with van der Waals surface area (Å²) in [5, 5.41) is 2.79. The second kappa shape index (κ2) is 9.35. The first-order valence-electron chi connectivity index (χ1n) is 11.2. The van der Waals surface area contributed by atoms with Crippen molar-refractivity contribution in [3.8, 4) is 0 Å². The van der Waals surface area contributed by atoms with Gasteiger partial charge in [-0.25, -0.2) is 0 Å². The maximum Gasteiger partial charge on any atom is 0.286 e. The van der Waals surface area contributed by atoms with Gasteiger partial charge >= 0.3 is 0 Å². The number of rotatable bonds is 6. The highest BCUT2D eigenvalue weighted by Crippen LogP contribution is 2.32. The Kier molecular flexibility index (Phi) is 6.51. The molecule has 2 amide bonds. The van der Waals surface area contributed by atoms with Crippen LogP contribution in [0.2, 0.25) is 0 Å². The van der Waals surface area contributed by atoms with Crippen molar-refractivity contribution in [3.05, 3.63) is 53.6 Å². The summed E-state index contributed by atoms with van der Waals surface area (Å²) in [6, 6.07) is 11.8. The van der Waals surface area contributed by atoms with Gasteiger partial charge in [0, 0.05) is 30.9 Å². The lowest BCUT2D eigenvalue weighted by atomic mass is 10.1. The molecule has 0 bridgehead atoms. The number of anilines is 2. The molecule has 0 radical (unpaired) electrons. The Labute approximate surface area is 194 Å². The van der Waals surface area contributed by atoms with Gasteiger partial charge in [0.15, 0.2) is 0 Å². The number of carbonyl (C=O) groups is 2. The van der Waals surface area contributed by atoms with Crippen molar-refractivity contribution in [2.45, 2.75) is 44.4 Å². The largest absolute Gasteiger partial charge is 0.342 e. The summed E-state index contributed by atoms with van der Waals surface area (Å²) in [5.41, 5.74) is 2.22. The summed E-state index contributed by atoms with van der Waals surface area (Å²) < 4.78 is 29.1. The topological polar surface area (TPSA) is 99.1 Å². The van der Waals surface area contributed by atoms with Crippen LogP contribution in [0.1, 0.15) is 49.0 Å². The molecule has 0 unspecified atom stereocenters. The number of hydrogen-bond acceptors (Lipinski definition) is 5. The van der Waals surface area contributed by atoms with E-state index < -0.39 is 15.9 Å². The first kappa shape index (κ1) is 23.0. The van der Waals surface area contributed by atoms with Crippen molar-refractivity contribution in [1.82, 2.24) is 4.90 Å². The van der Waals surface area contributed by atoms with E-state index in [0.29, 0.717) is 30.2 Å². The molecule has 2 aliphatic rings. The zero-order chi connectivity index (χ0) is 23.6. The fraction of sp³-hybridized carbons (Fsp3) is 0.375. The predicted molar refractivity (Wildman–Crippen MR) is 128 cm³/mol. The summed E-state index contributed by atoms with van der Waals surface area (Å²) >= 11 is 0. The third-order valence-corrected chi connectivity index (χ3v) is 7.29. The number of likely N-dealkylation sites (tertiary alicyclic amines) is 1. The number of nitrogens with zero attached hydrogens (tertiary/aromatic N) is 3. The minimum absolute atomic E-state index is 0.0324. The molecule has 1 fully saturated rings. The molecule has 0 saturated carbocycles. The van der Waals surface area contributed by atoms with Crippen LogP contribution >= 0.6 is 0 Å². The van der Waals surface area contributed by atoms with Gasteiger partial charge in [-0.15, -0.1) is 4.40 Å². The Hall–Kier alpha value is -3.20. The van der Waals surface area contributed by atoms with Crippen LogP contribution in [0.25, 0.3) is 0 Å². The molecule has 0 atom stereocenters. The second-order valence-electron chi connectivity index (χ2n) is 8.36. The Morgan fingerprint density at radius 1 is 1.06 bits per heavy atom. The first-order valence-corrected chi connectivity index (χ1v) is 12.6. The van der Waals surface area contributed by atoms with Gasteiger partial charge < -0.3 is 15.1 Å². The number of benzene rings is 2. The van der Waals surface area contributed by atoms with Gasteiger partial charge in [-0.2, -0.15) is 8.42 Å². The van der Waals surface area contributed by atoms with Crippen molar-refractivity contribution >= 4 is 39.0 Å². The van der Waals surface area contributed by atoms with E-state index in [-0.39, 0.29) is 16.4 Å². The zero-order valence-electron chi connectivity index (χ0n) is 18.9. The second-order valence-corrected chi connectivity index (χ2v) is 9.94. The summed E-state index contributed by atoms with van der Waals surface area (Å²) in [6.45, 7) is 5.95. The smallest absolute Gasteiger partial charge is 0.286 e. The third kappa shape index (κ3) is 4.93. The monoisotopic (exact) mass is 468 g/mol. The van der Waals surface area contributed by atoms with Gasteiger partial charge in [0.1, 0.15) is 10.7 Å². The van der Waals surface area contributed by atoms with Crippen LogP contribution in [0.4, 0.5) is 11.4 Å². The van der Waals surface area contributed by atoms with E-state index in [1.165, 1.54) is 6.07 Å². The maximum atomic E-state index is 12.8. The Morgan fingerprint density at radius 2 is 1.76 bits per heavy atom. The SMILES string of the molecule is CCCN1C(C)=NS(=O)(=O)c2cc(C(=O)Nc3ccc(CC(=O)N4CCCC4)cc3)ccc21. The molecule has 2 heterocycles. The first-order chi connectivity index (χ1) is 15.8. The highest BCUT2D eigenvalue weighted by Gasteiger charge is 2.29. The van der Waals surface area contributed by atoms with Gasteiger partial charge in [0.25, 0.3) is 15.9 Å². The van der Waals surface area contributed by atoms with E-state index in [1.54, 1.807) is 31.2 Å². The molecule has 0 aliphatic carbocycles. The molecule has 9 heteroatoms. The van der Waals surface area contributed by atoms with Crippen molar-refractivity contribution in [2.75, 3.05) is 29.9 Å². The normalized spacial score (nSPS) is 16.8. The third-order valence-electron chi connectivity index (χ3n) is 5.91. The maximum absolute atomic E-state index is 12.8. The number of carbonyl (C=O) groups excluding carboxylic acids is 2. The molecule has 0 spiro atoms. The van der Waals surface area contributed by atoms with Crippen LogP contribution in [0.3, 0.4) is 0 Å². The van der Waals surface area contributed by atoms with Crippen LogP contribution in [-0.4, -0.2) is 50.6 Å². The standard InChI is InChI=1S/C24H28N4O4S/c1-3-12-28-17(2)26-33(31,32)22-16-19(8-11-21(22)28)24(30)25-20-9-6-18(7-10-20)15-23(29)27-13-4-5-14-27/h6-11,16H,3-5,12-15H2,1-2H3,(H,25,30). The van der Waals surface area contributed by atoms with Crippen LogP contribution < -0.4 is 10.2 Å². The molecule has 8 nitrogen and oxygen atoms in total. The minimum atomic E-state index is -3.87. The van der Waals surface area contributed by atoms with E-state index in [0.717, 1.165) is 37.9 Å². The van der Waals surface area contributed by atoms with Crippen LogP contribution in [-0.2, 0) is 21.2 Å². The van der Waals surface area contributed by atoms with E-state index >= 15 is 0 Å². The molecular weight excluding hydrogens is 440 g/mol. The van der Waals surface area contributed by atoms with E-state index in [2.05, 4.69) is 9.71 Å². The van der Waals surface area contributed by atoms with Gasteiger partial charge in [0.05, 0.1) is 12.1 Å². The highest BCUT2D eigenvalue weighted by molar-refractivity contribution is 7.90. The number of amides is 2. The Balaban J connectivity index is 1.48. The Morgan fingerprint density at radius 3 is 2.42 bits per heavy atom. The number of sulfonamides is 1. The van der Waals surface area contributed by atoms with E-state index in [1.807, 2.05) is 28.9 Å². The molecule has 0 aromatic heterocycles. The average molecular weight is 469 g/mol. The molecule has 174 valence electrons. The molecule has 4 rings (SSSR count). The van der Waals surface area contributed by atoms with Crippen molar-refractivity contribution in [1.29, 1.82) is 0 Å². The highest BCUT2D eigenvalue weighted by atomic mass is 32.2. The molecule has 33 heavy (non-hydrogen) atoms. The van der Waals surface area contributed by atoms with Gasteiger partial charge in [-0.3, -0.25) is 9.59 Å². The van der Waals surface area contributed by atoms with Gasteiger partial charge in [0.2, 0.25) is 5.91 Å². The van der Waals surface area contributed by atoms with Crippen molar-refractivity contribution < 1.29 is 18.0 Å². The number of hydrogen-bond donors (Lipinski definition) is 1. The van der Waals surface area contributed by atoms with Crippen molar-refractivity contribution in [3.63, 3.8) is 0 Å². The van der Waals surface area contributed by atoms with Gasteiger partial charge in [-0.1, -0.05) is 19.1 Å². The lowest BCUT2D eigenvalue weighted by Gasteiger charge is -2.29. The molecule has 2 aromatic carbocycles. The van der Waals surface area contributed by atoms with E-state index in [9.17, 15) is 18.0 Å². The minimum Gasteiger partial charge on any atom is -0.342 e. The van der Waals surface area contributed by atoms with E-state index in [4.69, 9.17) is 0 Å². The summed E-state index contributed by atoms with van der Waals surface area (Å²) in [4.78, 5) is 28.9. The van der Waals surface area contributed by atoms with Crippen LogP contribution in [0, 0.1) is 0 Å². The molecule has 2 aromatic rings. The summed E-state index contributed by atoms with van der Waals surface area (Å²) in [7, 11) is -3.87. The predicted octanol–water partition coefficient (Wildman–Crippen LogP) is 3.44. The average Bonchev–Trinajstić information content (AvgIpc) is 3.32. The molecule has 1 saturated heterocycles.